The van der Waals surface area contributed by atoms with Gasteiger partial charge < -0.3 is 8.83 Å². The van der Waals surface area contributed by atoms with Crippen molar-refractivity contribution >= 4 is 44.0 Å². The SMILES string of the molecule is Cc1cnc2oc(=O)c3cc(CCc4cc(CCc5cnc6c(c5)c(=O)oc5ncc(C)cc56)cc(-c5ccccc5-c5cnc(-c6ccccc6)cc5-c5ccc(-c6ccc(-c7ccccc7)cc6)cc5)c4)cnc3c2c1. The Hall–Kier alpha value is -9.99. The quantitative estimate of drug-likeness (QED) is 0.110. The summed E-state index contributed by atoms with van der Waals surface area (Å²) >= 11 is 0. The molecule has 0 unspecified atom stereocenters. The zero-order valence-corrected chi connectivity index (χ0v) is 42.9. The maximum absolute atomic E-state index is 13.3. The maximum Gasteiger partial charge on any atom is 0.347 e. The van der Waals surface area contributed by atoms with Crippen molar-refractivity contribution in [2.45, 2.75) is 39.5 Å². The van der Waals surface area contributed by atoms with E-state index in [4.69, 9.17) is 23.8 Å². The van der Waals surface area contributed by atoms with Gasteiger partial charge in [0.1, 0.15) is 0 Å². The van der Waals surface area contributed by atoms with Gasteiger partial charge in [-0.05, 0) is 153 Å². The lowest BCUT2D eigenvalue weighted by Gasteiger charge is -2.18. The number of hydrogen-bond donors (Lipinski definition) is 0. The van der Waals surface area contributed by atoms with Crippen LogP contribution >= 0.6 is 0 Å². The van der Waals surface area contributed by atoms with Gasteiger partial charge in [-0.2, -0.15) is 0 Å². The van der Waals surface area contributed by atoms with E-state index in [1.165, 1.54) is 11.1 Å². The Morgan fingerprint density at radius 3 is 1.29 bits per heavy atom. The summed E-state index contributed by atoms with van der Waals surface area (Å²) in [6.07, 6.45) is 11.7. The summed E-state index contributed by atoms with van der Waals surface area (Å²) in [5.74, 6) is 0. The van der Waals surface area contributed by atoms with Gasteiger partial charge in [-0.3, -0.25) is 15.0 Å². The second-order valence-corrected chi connectivity index (χ2v) is 20.1. The van der Waals surface area contributed by atoms with Crippen molar-refractivity contribution in [3.63, 3.8) is 0 Å². The Kier molecular flexibility index (Phi) is 12.4. The molecule has 7 aromatic heterocycles. The first-order chi connectivity index (χ1) is 38.2. The predicted molar refractivity (Wildman–Crippen MR) is 312 cm³/mol. The molecule has 9 nitrogen and oxygen atoms in total. The molecule has 7 heterocycles. The largest absolute Gasteiger partial charge is 0.403 e. The Balaban J connectivity index is 0.881. The number of rotatable bonds is 12. The summed E-state index contributed by atoms with van der Waals surface area (Å²) in [6, 6.07) is 63.7. The molecule has 0 aliphatic carbocycles. The lowest BCUT2D eigenvalue weighted by atomic mass is 9.87. The van der Waals surface area contributed by atoms with E-state index in [0.29, 0.717) is 58.3 Å². The molecule has 0 aliphatic heterocycles. The fourth-order valence-electron chi connectivity index (χ4n) is 10.7. The van der Waals surface area contributed by atoms with E-state index < -0.39 is 11.3 Å². The maximum atomic E-state index is 13.3. The van der Waals surface area contributed by atoms with Crippen LogP contribution in [0.2, 0.25) is 0 Å². The molecule has 0 N–H and O–H groups in total. The highest BCUT2D eigenvalue weighted by Crippen LogP contribution is 2.41. The van der Waals surface area contributed by atoms with Crippen LogP contribution in [0.3, 0.4) is 0 Å². The molecule has 13 rings (SSSR count). The van der Waals surface area contributed by atoms with E-state index in [9.17, 15) is 9.59 Å². The minimum Gasteiger partial charge on any atom is -0.403 e. The van der Waals surface area contributed by atoms with Gasteiger partial charge in [-0.25, -0.2) is 19.6 Å². The second-order valence-electron chi connectivity index (χ2n) is 20.1. The van der Waals surface area contributed by atoms with Crippen molar-refractivity contribution in [1.29, 1.82) is 0 Å². The van der Waals surface area contributed by atoms with Crippen molar-refractivity contribution < 1.29 is 8.83 Å². The normalized spacial score (nSPS) is 11.5. The zero-order valence-electron chi connectivity index (χ0n) is 42.9. The molecule has 6 aromatic carbocycles. The first-order valence-corrected chi connectivity index (χ1v) is 26.2. The van der Waals surface area contributed by atoms with E-state index in [2.05, 4.69) is 143 Å². The highest BCUT2D eigenvalue weighted by atomic mass is 16.4. The number of pyridine rings is 5. The highest BCUT2D eigenvalue weighted by molar-refractivity contribution is 6.01. The zero-order chi connectivity index (χ0) is 52.7. The third kappa shape index (κ3) is 9.43. The molecular weight excluding hydrogens is 963 g/mol. The summed E-state index contributed by atoms with van der Waals surface area (Å²) in [5.41, 5.74) is 19.7. The topological polar surface area (TPSA) is 125 Å². The first kappa shape index (κ1) is 47.7. The fourth-order valence-corrected chi connectivity index (χ4v) is 10.7. The highest BCUT2D eigenvalue weighted by Gasteiger charge is 2.18. The summed E-state index contributed by atoms with van der Waals surface area (Å²) in [7, 11) is 0. The van der Waals surface area contributed by atoms with Crippen LogP contribution in [-0.4, -0.2) is 24.9 Å². The molecule has 0 saturated carbocycles. The Labute approximate surface area is 449 Å². The molecule has 0 bridgehead atoms. The standard InChI is InChI=1S/C69H49N5O4/c1-42-29-58-64-60(68(75)77-66(58)73-37-42)34-46(39-71-64)19-17-44-31-45(18-20-47-35-61-65(72-40-47)59-30-43(2)38-74-67(59)78-69(61)76)33-54(32-44)55-15-9-10-16-56(55)62-41-70-63(53-13-7-4-8-14-53)36-57(62)52-27-25-51(26-28-52)50-23-21-49(22-24-50)48-11-5-3-6-12-48/h3-16,21-41H,17-20H2,1-2H3. The summed E-state index contributed by atoms with van der Waals surface area (Å²) in [5, 5.41) is 2.29. The summed E-state index contributed by atoms with van der Waals surface area (Å²) in [6.45, 7) is 3.92. The Bertz CT molecular complexity index is 4390. The first-order valence-electron chi connectivity index (χ1n) is 26.2. The molecular formula is C69H49N5O4. The van der Waals surface area contributed by atoms with Crippen molar-refractivity contribution in [3.8, 4) is 66.9 Å². The third-order valence-electron chi connectivity index (χ3n) is 14.7. The lowest BCUT2D eigenvalue weighted by molar-refractivity contribution is 0.557. The fraction of sp³-hybridized carbons (Fsp3) is 0.0870. The van der Waals surface area contributed by atoms with E-state index in [1.807, 2.05) is 81.0 Å². The van der Waals surface area contributed by atoms with Crippen LogP contribution in [0.4, 0.5) is 0 Å². The van der Waals surface area contributed by atoms with E-state index in [-0.39, 0.29) is 11.4 Å². The van der Waals surface area contributed by atoms with Gasteiger partial charge in [0.25, 0.3) is 0 Å². The van der Waals surface area contributed by atoms with Gasteiger partial charge >= 0.3 is 11.3 Å². The van der Waals surface area contributed by atoms with Crippen molar-refractivity contribution in [2.75, 3.05) is 0 Å². The van der Waals surface area contributed by atoms with Crippen molar-refractivity contribution in [3.05, 3.63) is 267 Å². The molecule has 13 aromatic rings. The Morgan fingerprint density at radius 1 is 0.321 bits per heavy atom. The third-order valence-corrected chi connectivity index (χ3v) is 14.7. The molecule has 0 atom stereocenters. The number of benzene rings is 6. The number of aromatic nitrogens is 5. The van der Waals surface area contributed by atoms with Gasteiger partial charge in [0.05, 0.1) is 38.3 Å². The Morgan fingerprint density at radius 2 is 0.769 bits per heavy atom. The number of fused-ring (bicyclic) bond motifs is 6. The van der Waals surface area contributed by atoms with E-state index in [0.717, 1.165) is 89.1 Å². The van der Waals surface area contributed by atoms with Crippen LogP contribution in [0.1, 0.15) is 33.4 Å². The minimum atomic E-state index is -0.458. The van der Waals surface area contributed by atoms with Crippen LogP contribution in [-0.2, 0) is 25.7 Å². The van der Waals surface area contributed by atoms with Gasteiger partial charge in [-0.1, -0.05) is 152 Å². The van der Waals surface area contributed by atoms with Crippen LogP contribution in [0.15, 0.2) is 231 Å². The molecule has 0 spiro atoms. The molecule has 78 heavy (non-hydrogen) atoms. The molecule has 0 fully saturated rings. The monoisotopic (exact) mass is 1010 g/mol. The van der Waals surface area contributed by atoms with Crippen molar-refractivity contribution in [2.24, 2.45) is 0 Å². The molecule has 0 amide bonds. The van der Waals surface area contributed by atoms with Gasteiger partial charge in [0, 0.05) is 42.1 Å². The van der Waals surface area contributed by atoms with E-state index >= 15 is 0 Å². The molecule has 374 valence electrons. The molecule has 0 aliphatic rings. The number of hydrogen-bond acceptors (Lipinski definition) is 9. The van der Waals surface area contributed by atoms with Crippen LogP contribution in [0.5, 0.6) is 0 Å². The number of nitrogens with zero attached hydrogens (tertiary/aromatic N) is 5. The average Bonchev–Trinajstić information content (AvgIpc) is 3.54. The van der Waals surface area contributed by atoms with Crippen LogP contribution < -0.4 is 11.3 Å². The van der Waals surface area contributed by atoms with Gasteiger partial charge in [-0.15, -0.1) is 0 Å². The summed E-state index contributed by atoms with van der Waals surface area (Å²) in [4.78, 5) is 50.0. The molecule has 0 radical (unpaired) electrons. The smallest absolute Gasteiger partial charge is 0.347 e. The molecule has 0 saturated heterocycles. The summed E-state index contributed by atoms with van der Waals surface area (Å²) < 4.78 is 11.3. The van der Waals surface area contributed by atoms with E-state index in [1.54, 1.807) is 12.4 Å². The predicted octanol–water partition coefficient (Wildman–Crippen LogP) is 15.4. The van der Waals surface area contributed by atoms with Crippen LogP contribution in [0.25, 0.3) is 111 Å². The van der Waals surface area contributed by atoms with Gasteiger partial charge in [0.15, 0.2) is 0 Å². The second kappa shape index (κ2) is 20.3. The van der Waals surface area contributed by atoms with Crippen LogP contribution in [0, 0.1) is 13.8 Å². The average molecular weight is 1010 g/mol. The lowest BCUT2D eigenvalue weighted by Crippen LogP contribution is -2.04. The van der Waals surface area contributed by atoms with Crippen molar-refractivity contribution in [1.82, 2.24) is 24.9 Å². The minimum absolute atomic E-state index is 0.278. The van der Waals surface area contributed by atoms with Gasteiger partial charge in [0.2, 0.25) is 11.4 Å². The number of aryl methyl sites for hydroxylation is 6. The molecule has 9 heteroatoms.